The number of hydrogen-bond donors (Lipinski definition) is 2. The Morgan fingerprint density at radius 1 is 0.867 bits per heavy atom. The van der Waals surface area contributed by atoms with Crippen molar-refractivity contribution in [3.63, 3.8) is 0 Å². The van der Waals surface area contributed by atoms with E-state index in [-0.39, 0.29) is 5.91 Å². The number of aromatic amines is 1. The molecule has 0 saturated carbocycles. The maximum absolute atomic E-state index is 14.0. The largest absolute Gasteiger partial charge is 0.346 e. The molecule has 0 aliphatic carbocycles. The summed E-state index contributed by atoms with van der Waals surface area (Å²) in [5.41, 5.74) is 5.78. The summed E-state index contributed by atoms with van der Waals surface area (Å²) in [5, 5.41) is 4.63. The molecule has 0 spiro atoms. The van der Waals surface area contributed by atoms with Gasteiger partial charge in [-0.25, -0.2) is 0 Å². The fourth-order valence-corrected chi connectivity index (χ4v) is 9.47. The zero-order valence-electron chi connectivity index (χ0n) is 27.6. The highest BCUT2D eigenvalue weighted by Crippen LogP contribution is 2.44. The number of aryl methyl sites for hydroxylation is 2. The normalized spacial score (nSPS) is 23.0. The smallest absolute Gasteiger partial charge is 0.236 e. The number of nitrogens with zero attached hydrogens (tertiary/aromatic N) is 4. The summed E-state index contributed by atoms with van der Waals surface area (Å²) in [7, 11) is 0. The molecule has 6 heterocycles. The molecule has 4 aliphatic rings. The molecule has 3 aromatic rings. The molecule has 1 aromatic carbocycles. The minimum atomic E-state index is -0.541. The van der Waals surface area contributed by atoms with Crippen LogP contribution < -0.4 is 5.32 Å². The minimum absolute atomic E-state index is 0.269. The molecule has 45 heavy (non-hydrogen) atoms. The lowest BCUT2D eigenvalue weighted by Gasteiger charge is -2.36. The summed E-state index contributed by atoms with van der Waals surface area (Å²) < 4.78 is 0. The highest BCUT2D eigenvalue weighted by Gasteiger charge is 2.47. The Labute approximate surface area is 272 Å². The van der Waals surface area contributed by atoms with Crippen LogP contribution in [0.2, 0.25) is 0 Å². The van der Waals surface area contributed by atoms with Crippen molar-refractivity contribution in [1.29, 1.82) is 0 Å². The first-order valence-corrected chi connectivity index (χ1v) is 18.0. The topological polar surface area (TPSA) is 74.9 Å². The number of piperazine rings is 2. The lowest BCUT2D eigenvalue weighted by Crippen LogP contribution is -2.53. The van der Waals surface area contributed by atoms with Crippen LogP contribution in [0.5, 0.6) is 0 Å². The molecule has 8 nitrogen and oxygen atoms in total. The van der Waals surface area contributed by atoms with E-state index in [1.54, 1.807) is 11.3 Å². The Hall–Kier alpha value is -2.72. The van der Waals surface area contributed by atoms with Crippen LogP contribution >= 0.6 is 11.3 Å². The molecular weight excluding hydrogens is 581 g/mol. The maximum atomic E-state index is 14.0. The van der Waals surface area contributed by atoms with Gasteiger partial charge in [0, 0.05) is 81.2 Å². The van der Waals surface area contributed by atoms with Gasteiger partial charge in [0.2, 0.25) is 11.8 Å². The third kappa shape index (κ3) is 6.09. The van der Waals surface area contributed by atoms with Gasteiger partial charge in [0.15, 0.2) is 0 Å². The summed E-state index contributed by atoms with van der Waals surface area (Å²) in [6.45, 7) is 17.4. The number of carbonyl (C=O) groups is 2. The number of hydrogen-bond acceptors (Lipinski definition) is 6. The molecule has 2 bridgehead atoms. The van der Waals surface area contributed by atoms with E-state index in [1.165, 1.54) is 63.8 Å². The number of H-pyrrole nitrogens is 1. The zero-order valence-corrected chi connectivity index (χ0v) is 28.4. The van der Waals surface area contributed by atoms with Crippen molar-refractivity contribution in [3.8, 4) is 11.3 Å². The standard InChI is InChI=1S/C36H50N6O2S/c1-24-19-25(2)21-26(20-24)33-29(9-12-39-15-17-41(18-16-39)32(43)23-40-13-10-37-11-14-40)30-22-31(45-34(30)38-33)36(3,4)35(44)42-27-5-6-28(42)8-7-27/h19-22,27-28,37-38H,5-18,23H2,1-4H3. The van der Waals surface area contributed by atoms with Gasteiger partial charge in [0.1, 0.15) is 4.83 Å². The Morgan fingerprint density at radius 3 is 2.16 bits per heavy atom. The average molecular weight is 631 g/mol. The van der Waals surface area contributed by atoms with Crippen LogP contribution in [0.1, 0.15) is 61.1 Å². The molecule has 2 N–H and O–H groups in total. The molecular formula is C36H50N6O2S. The van der Waals surface area contributed by atoms with Crippen molar-refractivity contribution in [1.82, 2.24) is 29.9 Å². The Kier molecular flexibility index (Phi) is 8.57. The lowest BCUT2D eigenvalue weighted by molar-refractivity contribution is -0.137. The third-order valence-corrected chi connectivity index (χ3v) is 12.3. The molecule has 4 aliphatic heterocycles. The van der Waals surface area contributed by atoms with Gasteiger partial charge in [-0.2, -0.15) is 0 Å². The lowest BCUT2D eigenvalue weighted by atomic mass is 9.88. The van der Waals surface area contributed by atoms with Crippen molar-refractivity contribution in [2.24, 2.45) is 0 Å². The first-order chi connectivity index (χ1) is 21.7. The van der Waals surface area contributed by atoms with Crippen molar-refractivity contribution < 1.29 is 9.59 Å². The van der Waals surface area contributed by atoms with E-state index < -0.39 is 5.41 Å². The number of carbonyl (C=O) groups excluding carboxylic acids is 2. The Morgan fingerprint density at radius 2 is 1.51 bits per heavy atom. The maximum Gasteiger partial charge on any atom is 0.236 e. The van der Waals surface area contributed by atoms with Crippen LogP contribution in [-0.4, -0.2) is 114 Å². The van der Waals surface area contributed by atoms with Gasteiger partial charge in [-0.3, -0.25) is 19.4 Å². The van der Waals surface area contributed by atoms with Gasteiger partial charge in [-0.1, -0.05) is 17.2 Å². The van der Waals surface area contributed by atoms with Crippen LogP contribution in [0.25, 0.3) is 21.5 Å². The first kappa shape index (κ1) is 30.9. The monoisotopic (exact) mass is 630 g/mol. The number of aromatic nitrogens is 1. The van der Waals surface area contributed by atoms with Crippen LogP contribution in [0.3, 0.4) is 0 Å². The van der Waals surface area contributed by atoms with Gasteiger partial charge < -0.3 is 20.1 Å². The summed E-state index contributed by atoms with van der Waals surface area (Å²) in [4.78, 5) is 42.2. The minimum Gasteiger partial charge on any atom is -0.346 e. The zero-order chi connectivity index (χ0) is 31.3. The molecule has 0 atom stereocenters. The summed E-state index contributed by atoms with van der Waals surface area (Å²) in [5.74, 6) is 0.572. The SMILES string of the molecule is Cc1cc(C)cc(-c2[nH]c3sc(C(C)(C)C(=O)N4C5CCC4CC5)cc3c2CCN2CCN(C(=O)CN3CCNCC3)CC2)c1. The summed E-state index contributed by atoms with van der Waals surface area (Å²) in [6.07, 6.45) is 5.59. The van der Waals surface area contributed by atoms with Crippen LogP contribution in [0.15, 0.2) is 24.3 Å². The van der Waals surface area contributed by atoms with Crippen LogP contribution in [0.4, 0.5) is 0 Å². The highest BCUT2D eigenvalue weighted by molar-refractivity contribution is 7.19. The molecule has 4 saturated heterocycles. The predicted molar refractivity (Wildman–Crippen MR) is 183 cm³/mol. The number of thiophene rings is 1. The van der Waals surface area contributed by atoms with E-state index >= 15 is 0 Å². The van der Waals surface area contributed by atoms with E-state index in [0.29, 0.717) is 24.5 Å². The number of benzene rings is 1. The fraction of sp³-hybridized carbons (Fsp3) is 0.611. The molecule has 4 fully saturated rings. The molecule has 0 unspecified atom stereocenters. The summed E-state index contributed by atoms with van der Waals surface area (Å²) in [6, 6.07) is 10.0. The van der Waals surface area contributed by atoms with E-state index in [1.807, 2.05) is 0 Å². The second kappa shape index (κ2) is 12.5. The number of amides is 2. The molecule has 7 rings (SSSR count). The van der Waals surface area contributed by atoms with Crippen LogP contribution in [0, 0.1) is 13.8 Å². The quantitative estimate of drug-likeness (QED) is 0.383. The van der Waals surface area contributed by atoms with E-state index in [9.17, 15) is 9.59 Å². The summed E-state index contributed by atoms with van der Waals surface area (Å²) >= 11 is 1.76. The molecule has 0 radical (unpaired) electrons. The number of rotatable bonds is 8. The Bertz CT molecular complexity index is 1520. The van der Waals surface area contributed by atoms with Crippen molar-refractivity contribution in [2.75, 3.05) is 65.4 Å². The van der Waals surface area contributed by atoms with Gasteiger partial charge in [0.05, 0.1) is 17.7 Å². The predicted octanol–water partition coefficient (Wildman–Crippen LogP) is 4.54. The van der Waals surface area contributed by atoms with Gasteiger partial charge in [-0.15, -0.1) is 11.3 Å². The third-order valence-electron chi connectivity index (χ3n) is 10.9. The van der Waals surface area contributed by atoms with Gasteiger partial charge in [-0.05, 0) is 89.1 Å². The van der Waals surface area contributed by atoms with Gasteiger partial charge in [0.25, 0.3) is 0 Å². The van der Waals surface area contributed by atoms with Crippen molar-refractivity contribution >= 4 is 33.4 Å². The average Bonchev–Trinajstić information content (AvgIpc) is 3.81. The van der Waals surface area contributed by atoms with Crippen molar-refractivity contribution in [2.45, 2.75) is 77.3 Å². The van der Waals surface area contributed by atoms with Gasteiger partial charge >= 0.3 is 0 Å². The van der Waals surface area contributed by atoms with E-state index in [0.717, 1.165) is 70.2 Å². The van der Waals surface area contributed by atoms with Crippen molar-refractivity contribution in [3.05, 3.63) is 45.8 Å². The number of nitrogens with one attached hydrogen (secondary N) is 2. The molecule has 242 valence electrons. The first-order valence-electron chi connectivity index (χ1n) is 17.2. The van der Waals surface area contributed by atoms with E-state index in [4.69, 9.17) is 0 Å². The van der Waals surface area contributed by atoms with E-state index in [2.05, 4.69) is 81.9 Å². The highest BCUT2D eigenvalue weighted by atomic mass is 32.1. The molecule has 9 heteroatoms. The Balaban J connectivity index is 1.09. The molecule has 2 aromatic heterocycles. The second-order valence-electron chi connectivity index (χ2n) is 14.5. The number of fused-ring (bicyclic) bond motifs is 3. The fourth-order valence-electron chi connectivity index (χ4n) is 8.29. The van der Waals surface area contributed by atoms with Crippen LogP contribution in [-0.2, 0) is 21.4 Å². The second-order valence-corrected chi connectivity index (χ2v) is 15.6. The molecule has 2 amide bonds.